The number of carbonyl (C=O) groups excluding carboxylic acids is 1. The van der Waals surface area contributed by atoms with Gasteiger partial charge in [0.2, 0.25) is 10.0 Å². The number of benzene rings is 1. The van der Waals surface area contributed by atoms with Crippen LogP contribution in [0.15, 0.2) is 46.1 Å². The molecule has 1 aromatic heterocycles. The van der Waals surface area contributed by atoms with Crippen LogP contribution in [0.4, 0.5) is 13.2 Å². The summed E-state index contributed by atoms with van der Waals surface area (Å²) in [7, 11) is -4.42. The molecule has 3 rings (SSSR count). The SMILES string of the molecule is O=C(c1ccoc1)N1CCC(NS(=O)(=O)c2ccc(Cl)cc2C(F)(F)F)CC1. The summed E-state index contributed by atoms with van der Waals surface area (Å²) in [6.45, 7) is 0.536. The molecule has 0 spiro atoms. The Labute approximate surface area is 164 Å². The number of furan rings is 1. The topological polar surface area (TPSA) is 79.6 Å². The van der Waals surface area contributed by atoms with Crippen molar-refractivity contribution >= 4 is 27.5 Å². The molecule has 28 heavy (non-hydrogen) atoms. The quantitative estimate of drug-likeness (QED) is 0.795. The largest absolute Gasteiger partial charge is 0.472 e. The van der Waals surface area contributed by atoms with E-state index in [1.54, 1.807) is 4.90 Å². The van der Waals surface area contributed by atoms with E-state index in [4.69, 9.17) is 16.0 Å². The van der Waals surface area contributed by atoms with Gasteiger partial charge in [0, 0.05) is 24.2 Å². The lowest BCUT2D eigenvalue weighted by molar-refractivity contribution is -0.139. The summed E-state index contributed by atoms with van der Waals surface area (Å²) in [6, 6.07) is 3.46. The van der Waals surface area contributed by atoms with Crippen LogP contribution >= 0.6 is 11.6 Å². The van der Waals surface area contributed by atoms with Crippen molar-refractivity contribution in [3.8, 4) is 0 Å². The molecule has 1 saturated heterocycles. The van der Waals surface area contributed by atoms with Gasteiger partial charge in [-0.25, -0.2) is 13.1 Å². The maximum atomic E-state index is 13.2. The van der Waals surface area contributed by atoms with Crippen LogP contribution in [0.2, 0.25) is 5.02 Å². The van der Waals surface area contributed by atoms with Gasteiger partial charge in [-0.2, -0.15) is 13.2 Å². The third-order valence-corrected chi connectivity index (χ3v) is 6.22. The van der Waals surface area contributed by atoms with E-state index < -0.39 is 32.7 Å². The molecule has 2 aromatic rings. The van der Waals surface area contributed by atoms with Gasteiger partial charge in [0.25, 0.3) is 5.91 Å². The van der Waals surface area contributed by atoms with Crippen LogP contribution in [0.1, 0.15) is 28.8 Å². The molecule has 1 aliphatic rings. The highest BCUT2D eigenvalue weighted by Crippen LogP contribution is 2.36. The zero-order valence-corrected chi connectivity index (χ0v) is 15.9. The molecular weight excluding hydrogens is 421 g/mol. The zero-order valence-electron chi connectivity index (χ0n) is 14.4. The van der Waals surface area contributed by atoms with Crippen molar-refractivity contribution in [1.29, 1.82) is 0 Å². The minimum absolute atomic E-state index is 0.211. The number of piperidine rings is 1. The number of amides is 1. The first kappa shape index (κ1) is 20.7. The molecule has 11 heteroatoms. The highest BCUT2D eigenvalue weighted by molar-refractivity contribution is 7.89. The van der Waals surface area contributed by atoms with E-state index in [0.717, 1.165) is 12.1 Å². The fraction of sp³-hybridized carbons (Fsp3) is 0.353. The van der Waals surface area contributed by atoms with Gasteiger partial charge in [-0.3, -0.25) is 4.79 Å². The molecular formula is C17H16ClF3N2O4S. The van der Waals surface area contributed by atoms with Crippen LogP contribution in [-0.2, 0) is 16.2 Å². The first-order chi connectivity index (χ1) is 13.1. The van der Waals surface area contributed by atoms with Crippen LogP contribution < -0.4 is 4.72 Å². The molecule has 0 atom stereocenters. The number of halogens is 4. The third kappa shape index (κ3) is 4.50. The maximum Gasteiger partial charge on any atom is 0.417 e. The lowest BCUT2D eigenvalue weighted by Crippen LogP contribution is -2.46. The highest BCUT2D eigenvalue weighted by atomic mass is 35.5. The third-order valence-electron chi connectivity index (χ3n) is 4.41. The number of rotatable bonds is 4. The summed E-state index contributed by atoms with van der Waals surface area (Å²) >= 11 is 5.59. The number of likely N-dealkylation sites (tertiary alicyclic amines) is 1. The molecule has 1 fully saturated rings. The number of sulfonamides is 1. The predicted molar refractivity (Wildman–Crippen MR) is 94.4 cm³/mol. The van der Waals surface area contributed by atoms with Gasteiger partial charge in [-0.05, 0) is 37.1 Å². The Kier molecular flexibility index (Phi) is 5.74. The molecule has 1 N–H and O–H groups in total. The number of carbonyl (C=O) groups is 1. The second kappa shape index (κ2) is 7.76. The summed E-state index contributed by atoms with van der Waals surface area (Å²) in [5, 5.41) is -0.211. The Morgan fingerprint density at radius 1 is 1.21 bits per heavy atom. The van der Waals surface area contributed by atoms with E-state index >= 15 is 0 Å². The summed E-state index contributed by atoms with van der Waals surface area (Å²) in [5.74, 6) is -0.243. The van der Waals surface area contributed by atoms with E-state index in [9.17, 15) is 26.4 Å². The van der Waals surface area contributed by atoms with E-state index in [1.807, 2.05) is 0 Å². The summed E-state index contributed by atoms with van der Waals surface area (Å²) in [5.41, 5.74) is -0.935. The lowest BCUT2D eigenvalue weighted by atomic mass is 10.1. The Morgan fingerprint density at radius 2 is 1.89 bits per heavy atom. The van der Waals surface area contributed by atoms with Gasteiger partial charge >= 0.3 is 6.18 Å². The maximum absolute atomic E-state index is 13.2. The number of hydrogen-bond donors (Lipinski definition) is 1. The average molecular weight is 437 g/mol. The number of alkyl halides is 3. The average Bonchev–Trinajstić information content (AvgIpc) is 3.15. The van der Waals surface area contributed by atoms with Crippen LogP contribution in [0.3, 0.4) is 0 Å². The molecule has 0 saturated carbocycles. The molecule has 0 radical (unpaired) electrons. The molecule has 1 aromatic carbocycles. The van der Waals surface area contributed by atoms with Gasteiger partial charge in [-0.15, -0.1) is 0 Å². The van der Waals surface area contributed by atoms with Gasteiger partial charge in [0.05, 0.1) is 22.3 Å². The molecule has 0 aliphatic carbocycles. The van der Waals surface area contributed by atoms with Crippen molar-refractivity contribution in [2.45, 2.75) is 30.0 Å². The van der Waals surface area contributed by atoms with Crippen molar-refractivity contribution < 1.29 is 30.8 Å². The normalized spacial score (nSPS) is 16.4. The lowest BCUT2D eigenvalue weighted by Gasteiger charge is -2.32. The van der Waals surface area contributed by atoms with Crippen molar-refractivity contribution in [2.24, 2.45) is 0 Å². The standard InChI is InChI=1S/C17H16ClF3N2O4S/c18-12-1-2-15(14(9-12)17(19,20)21)28(25,26)22-13-3-6-23(7-4-13)16(24)11-5-8-27-10-11/h1-2,5,8-10,13,22H,3-4,6-7H2. The Morgan fingerprint density at radius 3 is 2.46 bits per heavy atom. The van der Waals surface area contributed by atoms with Crippen LogP contribution in [0.5, 0.6) is 0 Å². The fourth-order valence-corrected chi connectivity index (χ4v) is 4.70. The molecule has 0 unspecified atom stereocenters. The summed E-state index contributed by atoms with van der Waals surface area (Å²) in [4.78, 5) is 12.9. The predicted octanol–water partition coefficient (Wildman–Crippen LogP) is 3.53. The molecule has 1 aliphatic heterocycles. The van der Waals surface area contributed by atoms with Crippen LogP contribution in [0.25, 0.3) is 0 Å². The van der Waals surface area contributed by atoms with E-state index in [0.29, 0.717) is 11.6 Å². The second-order valence-corrected chi connectivity index (χ2v) is 8.46. The van der Waals surface area contributed by atoms with Gasteiger partial charge in [0.1, 0.15) is 6.26 Å². The van der Waals surface area contributed by atoms with Crippen molar-refractivity contribution in [1.82, 2.24) is 9.62 Å². The molecule has 2 heterocycles. The van der Waals surface area contributed by atoms with E-state index in [-0.39, 0.29) is 36.9 Å². The Hall–Kier alpha value is -2.04. The number of nitrogens with zero attached hydrogens (tertiary/aromatic N) is 1. The fourth-order valence-electron chi connectivity index (χ4n) is 3.01. The summed E-state index contributed by atoms with van der Waals surface area (Å²) < 4.78 is 71.9. The van der Waals surface area contributed by atoms with E-state index in [2.05, 4.69) is 4.72 Å². The second-order valence-electron chi connectivity index (χ2n) is 6.34. The molecule has 6 nitrogen and oxygen atoms in total. The van der Waals surface area contributed by atoms with Crippen molar-refractivity contribution in [3.05, 3.63) is 52.9 Å². The first-order valence-electron chi connectivity index (χ1n) is 8.28. The minimum atomic E-state index is -4.87. The van der Waals surface area contributed by atoms with Crippen LogP contribution in [0, 0.1) is 0 Å². The number of hydrogen-bond acceptors (Lipinski definition) is 4. The van der Waals surface area contributed by atoms with Crippen LogP contribution in [-0.4, -0.2) is 38.4 Å². The van der Waals surface area contributed by atoms with Gasteiger partial charge < -0.3 is 9.32 Å². The highest BCUT2D eigenvalue weighted by Gasteiger charge is 2.38. The van der Waals surface area contributed by atoms with Crippen molar-refractivity contribution in [2.75, 3.05) is 13.1 Å². The Bertz CT molecular complexity index is 953. The smallest absolute Gasteiger partial charge is 0.417 e. The minimum Gasteiger partial charge on any atom is -0.472 e. The van der Waals surface area contributed by atoms with E-state index in [1.165, 1.54) is 18.6 Å². The molecule has 152 valence electrons. The van der Waals surface area contributed by atoms with Crippen molar-refractivity contribution in [3.63, 3.8) is 0 Å². The van der Waals surface area contributed by atoms with Gasteiger partial charge in [0.15, 0.2) is 0 Å². The molecule has 1 amide bonds. The Balaban J connectivity index is 1.70. The molecule has 0 bridgehead atoms. The monoisotopic (exact) mass is 436 g/mol. The number of nitrogens with one attached hydrogen (secondary N) is 1. The van der Waals surface area contributed by atoms with Gasteiger partial charge in [-0.1, -0.05) is 11.6 Å². The summed E-state index contributed by atoms with van der Waals surface area (Å²) in [6.07, 6.45) is -1.63. The zero-order chi connectivity index (χ0) is 20.5. The first-order valence-corrected chi connectivity index (χ1v) is 10.1.